The molecule has 0 aliphatic heterocycles. The maximum Gasteiger partial charge on any atom is 0.353 e. The number of anilines is 1. The fourth-order valence-electron chi connectivity index (χ4n) is 1.81. The minimum Gasteiger partial charge on any atom is -0.283 e. The lowest BCUT2D eigenvalue weighted by Gasteiger charge is -2.03. The highest BCUT2D eigenvalue weighted by Gasteiger charge is 2.22. The van der Waals surface area contributed by atoms with Gasteiger partial charge in [0, 0.05) is 12.7 Å². The van der Waals surface area contributed by atoms with E-state index in [1.165, 1.54) is 11.6 Å². The molecular weight excluding hydrogens is 308 g/mol. The summed E-state index contributed by atoms with van der Waals surface area (Å²) < 4.78 is 29.0. The average Bonchev–Trinajstić information content (AvgIpc) is 2.90. The van der Waals surface area contributed by atoms with Crippen molar-refractivity contribution in [3.63, 3.8) is 0 Å². The van der Waals surface area contributed by atoms with Gasteiger partial charge in [-0.15, -0.1) is 9.61 Å². The number of fused-ring (bicyclic) bond motifs is 1. The molecule has 2 aromatic heterocycles. The van der Waals surface area contributed by atoms with Crippen LogP contribution in [0.4, 0.5) is 5.69 Å². The van der Waals surface area contributed by atoms with E-state index in [1.54, 1.807) is 37.3 Å². The molecular formula is C12H12N6O3S. The number of rotatable bonds is 3. The SMILES string of the molecule is Cc1nc2nc(S(=O)(=O)Nc3ccccc3)nn2c(=O)n1C. The maximum absolute atomic E-state index is 12.3. The Morgan fingerprint density at radius 2 is 1.82 bits per heavy atom. The highest BCUT2D eigenvalue weighted by atomic mass is 32.2. The first-order valence-corrected chi connectivity index (χ1v) is 7.75. The number of aryl methyl sites for hydroxylation is 1. The molecule has 0 aliphatic carbocycles. The topological polar surface area (TPSA) is 111 Å². The molecule has 0 radical (unpaired) electrons. The zero-order chi connectivity index (χ0) is 15.9. The number of hydrogen-bond acceptors (Lipinski definition) is 6. The van der Waals surface area contributed by atoms with E-state index in [0.717, 1.165) is 4.52 Å². The minimum atomic E-state index is -4.00. The third kappa shape index (κ3) is 2.33. The first-order chi connectivity index (χ1) is 10.4. The van der Waals surface area contributed by atoms with Gasteiger partial charge in [0.2, 0.25) is 0 Å². The first kappa shape index (κ1) is 14.2. The molecule has 1 aromatic carbocycles. The Hall–Kier alpha value is -2.75. The predicted octanol–water partition coefficient (Wildman–Crippen LogP) is -0.0678. The van der Waals surface area contributed by atoms with Crippen LogP contribution in [0, 0.1) is 6.92 Å². The fourth-order valence-corrected chi connectivity index (χ4v) is 2.74. The Morgan fingerprint density at radius 3 is 2.50 bits per heavy atom. The summed E-state index contributed by atoms with van der Waals surface area (Å²) in [5.41, 5.74) is -0.144. The van der Waals surface area contributed by atoms with Crippen molar-refractivity contribution >= 4 is 21.5 Å². The lowest BCUT2D eigenvalue weighted by atomic mass is 10.3. The molecule has 0 saturated heterocycles. The highest BCUT2D eigenvalue weighted by Crippen LogP contribution is 2.12. The molecule has 22 heavy (non-hydrogen) atoms. The lowest BCUT2D eigenvalue weighted by Crippen LogP contribution is -2.28. The van der Waals surface area contributed by atoms with Crippen LogP contribution in [0.5, 0.6) is 0 Å². The quantitative estimate of drug-likeness (QED) is 0.723. The second-order valence-corrected chi connectivity index (χ2v) is 6.15. The summed E-state index contributed by atoms with van der Waals surface area (Å²) in [5, 5.41) is 3.23. The van der Waals surface area contributed by atoms with Gasteiger partial charge in [-0.3, -0.25) is 9.29 Å². The van der Waals surface area contributed by atoms with E-state index in [2.05, 4.69) is 19.8 Å². The summed E-state index contributed by atoms with van der Waals surface area (Å²) in [5.74, 6) is 0.346. The number of nitrogens with zero attached hydrogens (tertiary/aromatic N) is 5. The summed E-state index contributed by atoms with van der Waals surface area (Å²) in [6.45, 7) is 1.62. The Bertz CT molecular complexity index is 1010. The van der Waals surface area contributed by atoms with Crippen molar-refractivity contribution in [2.24, 2.45) is 7.05 Å². The zero-order valence-corrected chi connectivity index (χ0v) is 12.6. The number of sulfonamides is 1. The summed E-state index contributed by atoms with van der Waals surface area (Å²) in [4.78, 5) is 19.9. The van der Waals surface area contributed by atoms with Gasteiger partial charge in [-0.25, -0.2) is 4.79 Å². The second-order valence-electron chi connectivity index (χ2n) is 4.58. The standard InChI is InChI=1S/C12H12N6O3S/c1-8-13-10-14-11(15-18(10)12(19)17(8)2)22(20,21)16-9-6-4-3-5-7-9/h3-7,16H,1-2H3. The number of hydrogen-bond donors (Lipinski definition) is 1. The molecule has 3 aromatic rings. The van der Waals surface area contributed by atoms with Crippen molar-refractivity contribution in [1.82, 2.24) is 24.1 Å². The number of nitrogens with one attached hydrogen (secondary N) is 1. The normalized spacial score (nSPS) is 11.7. The van der Waals surface area contributed by atoms with Gasteiger partial charge >= 0.3 is 5.69 Å². The van der Waals surface area contributed by atoms with Crippen molar-refractivity contribution < 1.29 is 8.42 Å². The molecule has 0 aliphatic rings. The Labute approximate surface area is 125 Å². The van der Waals surface area contributed by atoms with Gasteiger partial charge in [0.25, 0.3) is 21.0 Å². The summed E-state index contributed by atoms with van der Waals surface area (Å²) in [6.07, 6.45) is 0. The smallest absolute Gasteiger partial charge is 0.283 e. The van der Waals surface area contributed by atoms with E-state index in [1.807, 2.05) is 0 Å². The molecule has 0 fully saturated rings. The summed E-state index contributed by atoms with van der Waals surface area (Å²) >= 11 is 0. The van der Waals surface area contributed by atoms with Gasteiger partial charge in [0.05, 0.1) is 0 Å². The van der Waals surface area contributed by atoms with Crippen LogP contribution in [0.25, 0.3) is 5.78 Å². The molecule has 0 saturated carbocycles. The van der Waals surface area contributed by atoms with Crippen LogP contribution in [-0.2, 0) is 17.1 Å². The van der Waals surface area contributed by atoms with E-state index in [-0.39, 0.29) is 5.78 Å². The van der Waals surface area contributed by atoms with Crippen LogP contribution in [0.15, 0.2) is 40.3 Å². The van der Waals surface area contributed by atoms with Gasteiger partial charge in [-0.05, 0) is 19.1 Å². The van der Waals surface area contributed by atoms with Crippen LogP contribution in [-0.4, -0.2) is 32.6 Å². The lowest BCUT2D eigenvalue weighted by molar-refractivity contribution is 0.590. The molecule has 0 amide bonds. The molecule has 2 heterocycles. The van der Waals surface area contributed by atoms with Crippen molar-refractivity contribution in [3.8, 4) is 0 Å². The molecule has 3 rings (SSSR count). The third-order valence-corrected chi connectivity index (χ3v) is 4.21. The Morgan fingerprint density at radius 1 is 1.14 bits per heavy atom. The van der Waals surface area contributed by atoms with Gasteiger partial charge in [-0.2, -0.15) is 18.4 Å². The van der Waals surface area contributed by atoms with Crippen molar-refractivity contribution in [2.75, 3.05) is 4.72 Å². The zero-order valence-electron chi connectivity index (χ0n) is 11.8. The molecule has 114 valence electrons. The van der Waals surface area contributed by atoms with Gasteiger partial charge in [0.15, 0.2) is 0 Å². The maximum atomic E-state index is 12.3. The van der Waals surface area contributed by atoms with Crippen LogP contribution in [0.3, 0.4) is 0 Å². The van der Waals surface area contributed by atoms with E-state index >= 15 is 0 Å². The van der Waals surface area contributed by atoms with Crippen molar-refractivity contribution in [3.05, 3.63) is 46.6 Å². The molecule has 1 N–H and O–H groups in total. The number of aromatic nitrogens is 5. The van der Waals surface area contributed by atoms with Crippen LogP contribution in [0.2, 0.25) is 0 Å². The van der Waals surface area contributed by atoms with Crippen LogP contribution >= 0.6 is 0 Å². The van der Waals surface area contributed by atoms with Crippen molar-refractivity contribution in [2.45, 2.75) is 12.1 Å². The molecule has 0 bridgehead atoms. The van der Waals surface area contributed by atoms with Gasteiger partial charge < -0.3 is 0 Å². The van der Waals surface area contributed by atoms with Gasteiger partial charge in [0.1, 0.15) is 5.82 Å². The van der Waals surface area contributed by atoms with E-state index in [0.29, 0.717) is 11.5 Å². The molecule has 0 atom stereocenters. The fraction of sp³-hybridized carbons (Fsp3) is 0.167. The predicted molar refractivity (Wildman–Crippen MR) is 78.0 cm³/mol. The average molecular weight is 320 g/mol. The number of benzene rings is 1. The molecule has 9 nitrogen and oxygen atoms in total. The van der Waals surface area contributed by atoms with Crippen LogP contribution < -0.4 is 10.4 Å². The van der Waals surface area contributed by atoms with Crippen LogP contribution in [0.1, 0.15) is 5.82 Å². The van der Waals surface area contributed by atoms with Crippen molar-refractivity contribution in [1.29, 1.82) is 0 Å². The highest BCUT2D eigenvalue weighted by molar-refractivity contribution is 7.92. The third-order valence-electron chi connectivity index (χ3n) is 3.05. The molecule has 0 unspecified atom stereocenters. The molecule has 10 heteroatoms. The monoisotopic (exact) mass is 320 g/mol. The Balaban J connectivity index is 2.10. The van der Waals surface area contributed by atoms with E-state index in [4.69, 9.17) is 0 Å². The number of para-hydroxylation sites is 1. The second kappa shape index (κ2) is 4.91. The Kier molecular flexibility index (Phi) is 3.17. The van der Waals surface area contributed by atoms with E-state index < -0.39 is 20.9 Å². The summed E-state index contributed by atoms with van der Waals surface area (Å²) in [7, 11) is -2.48. The first-order valence-electron chi connectivity index (χ1n) is 6.27. The van der Waals surface area contributed by atoms with E-state index in [9.17, 15) is 13.2 Å². The largest absolute Gasteiger partial charge is 0.353 e. The summed E-state index contributed by atoms with van der Waals surface area (Å²) in [6, 6.07) is 8.33. The van der Waals surface area contributed by atoms with Gasteiger partial charge in [-0.1, -0.05) is 18.2 Å². The minimum absolute atomic E-state index is 0.0611. The molecule has 0 spiro atoms.